The topological polar surface area (TPSA) is 86.0 Å². The molecule has 3 aromatic rings. The van der Waals surface area contributed by atoms with Gasteiger partial charge in [-0.15, -0.1) is 0 Å². The van der Waals surface area contributed by atoms with Crippen molar-refractivity contribution >= 4 is 21.5 Å². The zero-order chi connectivity index (χ0) is 18.8. The van der Waals surface area contributed by atoms with Gasteiger partial charge in [-0.3, -0.25) is 0 Å². The van der Waals surface area contributed by atoms with Crippen LogP contribution in [0.15, 0.2) is 30.3 Å². The summed E-state index contributed by atoms with van der Waals surface area (Å²) in [6.07, 6.45) is 2.67. The highest BCUT2D eigenvalue weighted by atomic mass is 16.5. The van der Waals surface area contributed by atoms with E-state index >= 15 is 0 Å². The molecule has 0 aliphatic heterocycles. The summed E-state index contributed by atoms with van der Waals surface area (Å²) in [6, 6.07) is 8.88. The van der Waals surface area contributed by atoms with Gasteiger partial charge in [0.1, 0.15) is 0 Å². The van der Waals surface area contributed by atoms with Crippen LogP contribution in [0.1, 0.15) is 5.56 Å². The summed E-state index contributed by atoms with van der Waals surface area (Å²) < 4.78 is 10.7. The lowest BCUT2D eigenvalue weighted by Crippen LogP contribution is -2.14. The summed E-state index contributed by atoms with van der Waals surface area (Å²) in [7, 11) is 4.71. The third-order valence-corrected chi connectivity index (χ3v) is 4.53. The predicted octanol–water partition coefficient (Wildman–Crippen LogP) is 3.38. The molecule has 0 atom stereocenters. The van der Waals surface area contributed by atoms with Gasteiger partial charge in [0.25, 0.3) is 0 Å². The first-order valence-corrected chi connectivity index (χ1v) is 8.13. The molecule has 0 unspecified atom stereocenters. The fraction of sp³-hybridized carbons (Fsp3) is 0.250. The maximum absolute atomic E-state index is 10.5. The summed E-state index contributed by atoms with van der Waals surface area (Å²) in [5.41, 5.74) is 0.911. The smallest absolute Gasteiger partial charge is 0.179 e. The SMILES string of the molecule is COc1cc2c(ccc3c(CCN(C)C#N)cc(O)c(OC)c32)cc1O. The number of phenols is 2. The number of nitrogens with zero attached hydrogens (tertiary/aromatic N) is 2. The predicted molar refractivity (Wildman–Crippen MR) is 99.8 cm³/mol. The number of hydrogen-bond donors (Lipinski definition) is 2. The minimum atomic E-state index is 0.0363. The average Bonchev–Trinajstić information content (AvgIpc) is 2.64. The molecule has 0 spiro atoms. The Hall–Kier alpha value is -3.33. The highest BCUT2D eigenvalue weighted by Crippen LogP contribution is 2.43. The van der Waals surface area contributed by atoms with Crippen LogP contribution < -0.4 is 9.47 Å². The van der Waals surface area contributed by atoms with E-state index < -0.39 is 0 Å². The number of nitriles is 1. The van der Waals surface area contributed by atoms with Crippen molar-refractivity contribution in [1.29, 1.82) is 5.26 Å². The standard InChI is InChI=1S/C20H20N2O4/c1-22(11-21)7-6-13-9-17(24)20(26-3)19-14(13)5-4-12-8-16(23)18(25-2)10-15(12)19/h4-5,8-10,23-24H,6-7H2,1-3H3. The van der Waals surface area contributed by atoms with Gasteiger partial charge in [-0.1, -0.05) is 12.1 Å². The van der Waals surface area contributed by atoms with Crippen LogP contribution in [-0.4, -0.2) is 42.9 Å². The minimum Gasteiger partial charge on any atom is -0.504 e. The third-order valence-electron chi connectivity index (χ3n) is 4.53. The zero-order valence-corrected chi connectivity index (χ0v) is 14.9. The normalized spacial score (nSPS) is 10.7. The molecule has 0 saturated heterocycles. The van der Waals surface area contributed by atoms with Crippen LogP contribution in [0.4, 0.5) is 0 Å². The molecule has 3 rings (SSSR count). The Morgan fingerprint density at radius 2 is 1.81 bits per heavy atom. The average molecular weight is 352 g/mol. The van der Waals surface area contributed by atoms with Crippen molar-refractivity contribution in [2.75, 3.05) is 27.8 Å². The molecule has 134 valence electrons. The van der Waals surface area contributed by atoms with Gasteiger partial charge in [0.2, 0.25) is 0 Å². The van der Waals surface area contributed by atoms with Crippen LogP contribution in [-0.2, 0) is 6.42 Å². The van der Waals surface area contributed by atoms with Crippen molar-refractivity contribution < 1.29 is 19.7 Å². The van der Waals surface area contributed by atoms with Gasteiger partial charge < -0.3 is 24.6 Å². The molecule has 0 aliphatic carbocycles. The second-order valence-electron chi connectivity index (χ2n) is 6.09. The molecular weight excluding hydrogens is 332 g/mol. The largest absolute Gasteiger partial charge is 0.504 e. The quantitative estimate of drug-likeness (QED) is 0.416. The van der Waals surface area contributed by atoms with Crippen LogP contribution in [0.25, 0.3) is 21.5 Å². The lowest BCUT2D eigenvalue weighted by molar-refractivity contribution is 0.374. The monoisotopic (exact) mass is 352 g/mol. The first kappa shape index (κ1) is 17.5. The maximum Gasteiger partial charge on any atom is 0.179 e. The number of fused-ring (bicyclic) bond motifs is 3. The van der Waals surface area contributed by atoms with Crippen molar-refractivity contribution in [3.8, 4) is 29.2 Å². The van der Waals surface area contributed by atoms with Crippen LogP contribution >= 0.6 is 0 Å². The zero-order valence-electron chi connectivity index (χ0n) is 14.9. The van der Waals surface area contributed by atoms with Crippen molar-refractivity contribution in [3.05, 3.63) is 35.9 Å². The Labute approximate surface area is 151 Å². The van der Waals surface area contributed by atoms with Crippen molar-refractivity contribution in [2.45, 2.75) is 6.42 Å². The summed E-state index contributed by atoms with van der Waals surface area (Å²) in [4.78, 5) is 1.54. The molecule has 2 N–H and O–H groups in total. The molecule has 0 amide bonds. The molecule has 6 heteroatoms. The van der Waals surface area contributed by atoms with Crippen LogP contribution in [0.3, 0.4) is 0 Å². The Kier molecular flexibility index (Phi) is 4.63. The van der Waals surface area contributed by atoms with Gasteiger partial charge in [-0.25, -0.2) is 0 Å². The van der Waals surface area contributed by atoms with E-state index in [0.29, 0.717) is 24.5 Å². The third kappa shape index (κ3) is 2.88. The van der Waals surface area contributed by atoms with E-state index in [-0.39, 0.29) is 11.5 Å². The van der Waals surface area contributed by atoms with E-state index in [2.05, 4.69) is 6.19 Å². The summed E-state index contributed by atoms with van der Waals surface area (Å²) in [5, 5.41) is 32.8. The number of likely N-dealkylation sites (N-methyl/N-ethyl adjacent to an activating group) is 1. The molecule has 0 bridgehead atoms. The molecular formula is C20H20N2O4. The Morgan fingerprint density at radius 1 is 1.04 bits per heavy atom. The maximum atomic E-state index is 10.5. The first-order chi connectivity index (χ1) is 12.5. The van der Waals surface area contributed by atoms with Gasteiger partial charge in [0.15, 0.2) is 29.2 Å². The molecule has 0 radical (unpaired) electrons. The van der Waals surface area contributed by atoms with E-state index in [4.69, 9.17) is 14.7 Å². The van der Waals surface area contributed by atoms with Crippen molar-refractivity contribution in [3.63, 3.8) is 0 Å². The molecule has 0 aliphatic rings. The van der Waals surface area contributed by atoms with E-state index in [0.717, 1.165) is 27.1 Å². The second kappa shape index (κ2) is 6.89. The van der Waals surface area contributed by atoms with Gasteiger partial charge in [0.05, 0.1) is 14.2 Å². The highest BCUT2D eigenvalue weighted by molar-refractivity contribution is 6.13. The van der Waals surface area contributed by atoms with E-state index in [1.54, 1.807) is 25.2 Å². The molecule has 3 aromatic carbocycles. The molecule has 26 heavy (non-hydrogen) atoms. The molecule has 0 fully saturated rings. The van der Waals surface area contributed by atoms with E-state index in [1.165, 1.54) is 19.1 Å². The number of rotatable bonds is 5. The molecule has 0 saturated carbocycles. The van der Waals surface area contributed by atoms with E-state index in [9.17, 15) is 10.2 Å². The lowest BCUT2D eigenvalue weighted by atomic mass is 9.95. The van der Waals surface area contributed by atoms with Crippen LogP contribution in [0.5, 0.6) is 23.0 Å². The summed E-state index contributed by atoms with van der Waals surface area (Å²) in [6.45, 7) is 0.536. The first-order valence-electron chi connectivity index (χ1n) is 8.13. The van der Waals surface area contributed by atoms with Gasteiger partial charge in [-0.05, 0) is 46.3 Å². The van der Waals surface area contributed by atoms with Gasteiger partial charge >= 0.3 is 0 Å². The highest BCUT2D eigenvalue weighted by Gasteiger charge is 2.17. The number of aromatic hydroxyl groups is 2. The molecule has 0 aromatic heterocycles. The second-order valence-corrected chi connectivity index (χ2v) is 6.09. The van der Waals surface area contributed by atoms with Gasteiger partial charge in [-0.2, -0.15) is 5.26 Å². The van der Waals surface area contributed by atoms with Gasteiger partial charge in [0, 0.05) is 19.0 Å². The molecule has 6 nitrogen and oxygen atoms in total. The minimum absolute atomic E-state index is 0.0363. The summed E-state index contributed by atoms with van der Waals surface area (Å²) >= 11 is 0. The number of benzene rings is 3. The molecule has 0 heterocycles. The number of ether oxygens (including phenoxy) is 2. The Morgan fingerprint density at radius 3 is 2.46 bits per heavy atom. The Bertz CT molecular complexity index is 1020. The fourth-order valence-corrected chi connectivity index (χ4v) is 3.20. The van der Waals surface area contributed by atoms with Crippen molar-refractivity contribution in [1.82, 2.24) is 4.90 Å². The van der Waals surface area contributed by atoms with Crippen LogP contribution in [0, 0.1) is 11.5 Å². The number of phenolic OH excluding ortho intramolecular Hbond substituents is 2. The van der Waals surface area contributed by atoms with E-state index in [1.807, 2.05) is 12.1 Å². The van der Waals surface area contributed by atoms with Crippen molar-refractivity contribution in [2.24, 2.45) is 0 Å². The Balaban J connectivity index is 2.33. The lowest BCUT2D eigenvalue weighted by Gasteiger charge is -2.16. The van der Waals surface area contributed by atoms with Crippen LogP contribution in [0.2, 0.25) is 0 Å². The number of methoxy groups -OCH3 is 2. The number of hydrogen-bond acceptors (Lipinski definition) is 6. The fourth-order valence-electron chi connectivity index (χ4n) is 3.20. The summed E-state index contributed by atoms with van der Waals surface area (Å²) in [5.74, 6) is 0.806.